The van der Waals surface area contributed by atoms with Gasteiger partial charge in [0.25, 0.3) is 5.91 Å². The van der Waals surface area contributed by atoms with Gasteiger partial charge in [-0.05, 0) is 25.0 Å². The number of nitrogens with zero attached hydrogens (tertiary/aromatic N) is 4. The Labute approximate surface area is 147 Å². The number of carbonyl (C=O) groups excluding carboxylic acids is 1. The molecule has 0 aromatic carbocycles. The highest BCUT2D eigenvalue weighted by atomic mass is 16.5. The SMILES string of the molecule is CCCc1cc(C(=O)N(C)C[C@@]2(O)CCN(c3ccccn3)C2)no1. The van der Waals surface area contributed by atoms with E-state index in [0.29, 0.717) is 25.3 Å². The molecule has 2 aromatic rings. The van der Waals surface area contributed by atoms with E-state index >= 15 is 0 Å². The first-order valence-corrected chi connectivity index (χ1v) is 8.60. The van der Waals surface area contributed by atoms with Crippen molar-refractivity contribution in [2.75, 3.05) is 31.6 Å². The molecule has 0 radical (unpaired) electrons. The third kappa shape index (κ3) is 3.99. The van der Waals surface area contributed by atoms with E-state index in [1.165, 1.54) is 4.90 Å². The summed E-state index contributed by atoms with van der Waals surface area (Å²) in [5, 5.41) is 14.7. The summed E-state index contributed by atoms with van der Waals surface area (Å²) in [7, 11) is 1.68. The molecule has 7 heteroatoms. The van der Waals surface area contributed by atoms with E-state index < -0.39 is 5.60 Å². The number of hydrogen-bond donors (Lipinski definition) is 1. The summed E-state index contributed by atoms with van der Waals surface area (Å²) in [6.07, 6.45) is 4.01. The van der Waals surface area contributed by atoms with E-state index in [4.69, 9.17) is 4.52 Å². The minimum atomic E-state index is -0.960. The third-order valence-electron chi connectivity index (χ3n) is 4.46. The first kappa shape index (κ1) is 17.4. The topological polar surface area (TPSA) is 82.7 Å². The van der Waals surface area contributed by atoms with Gasteiger partial charge in [-0.15, -0.1) is 0 Å². The van der Waals surface area contributed by atoms with Crippen LogP contribution in [0.5, 0.6) is 0 Å². The Hall–Kier alpha value is -2.41. The number of rotatable bonds is 6. The van der Waals surface area contributed by atoms with Crippen LogP contribution in [0.15, 0.2) is 35.0 Å². The number of anilines is 1. The highest BCUT2D eigenvalue weighted by Crippen LogP contribution is 2.26. The molecule has 1 fully saturated rings. The van der Waals surface area contributed by atoms with Crippen LogP contribution in [0.1, 0.15) is 36.0 Å². The summed E-state index contributed by atoms with van der Waals surface area (Å²) < 4.78 is 5.17. The van der Waals surface area contributed by atoms with E-state index in [1.54, 1.807) is 19.3 Å². The molecule has 0 saturated carbocycles. The normalized spacial score (nSPS) is 20.0. The van der Waals surface area contributed by atoms with Crippen molar-refractivity contribution in [3.63, 3.8) is 0 Å². The highest BCUT2D eigenvalue weighted by molar-refractivity contribution is 5.92. The second kappa shape index (κ2) is 7.23. The molecule has 25 heavy (non-hydrogen) atoms. The predicted molar refractivity (Wildman–Crippen MR) is 93.5 cm³/mol. The van der Waals surface area contributed by atoms with Crippen LogP contribution in [0, 0.1) is 0 Å². The van der Waals surface area contributed by atoms with Gasteiger partial charge in [0.15, 0.2) is 5.69 Å². The average Bonchev–Trinajstić information content (AvgIpc) is 3.22. The zero-order valence-corrected chi connectivity index (χ0v) is 14.7. The van der Waals surface area contributed by atoms with Gasteiger partial charge < -0.3 is 19.4 Å². The molecule has 1 amide bonds. The van der Waals surface area contributed by atoms with Crippen molar-refractivity contribution in [3.8, 4) is 0 Å². The Morgan fingerprint density at radius 3 is 3.04 bits per heavy atom. The molecular formula is C18H24N4O3. The fraction of sp³-hybridized carbons (Fsp3) is 0.500. The van der Waals surface area contributed by atoms with Gasteiger partial charge in [0, 0.05) is 38.8 Å². The molecule has 1 aliphatic rings. The van der Waals surface area contributed by atoms with Crippen LogP contribution in [-0.4, -0.2) is 58.3 Å². The minimum Gasteiger partial charge on any atom is -0.386 e. The van der Waals surface area contributed by atoms with Crippen molar-refractivity contribution >= 4 is 11.7 Å². The predicted octanol–water partition coefficient (Wildman–Crippen LogP) is 1.74. The minimum absolute atomic E-state index is 0.240. The fourth-order valence-electron chi connectivity index (χ4n) is 3.21. The van der Waals surface area contributed by atoms with E-state index in [1.807, 2.05) is 30.0 Å². The van der Waals surface area contributed by atoms with Crippen molar-refractivity contribution in [1.29, 1.82) is 0 Å². The van der Waals surface area contributed by atoms with Crippen molar-refractivity contribution in [2.24, 2.45) is 0 Å². The average molecular weight is 344 g/mol. The summed E-state index contributed by atoms with van der Waals surface area (Å²) in [4.78, 5) is 20.4. The lowest BCUT2D eigenvalue weighted by Gasteiger charge is -2.28. The van der Waals surface area contributed by atoms with Crippen LogP contribution in [0.25, 0.3) is 0 Å². The van der Waals surface area contributed by atoms with Crippen LogP contribution in [0.3, 0.4) is 0 Å². The summed E-state index contributed by atoms with van der Waals surface area (Å²) in [5.41, 5.74) is -0.674. The van der Waals surface area contributed by atoms with E-state index in [-0.39, 0.29) is 18.1 Å². The molecule has 7 nitrogen and oxygen atoms in total. The summed E-state index contributed by atoms with van der Waals surface area (Å²) in [6.45, 7) is 3.44. The molecular weight excluding hydrogens is 320 g/mol. The lowest BCUT2D eigenvalue weighted by molar-refractivity contribution is 0.0260. The van der Waals surface area contributed by atoms with Crippen LogP contribution in [0.2, 0.25) is 0 Å². The maximum absolute atomic E-state index is 12.5. The van der Waals surface area contributed by atoms with Gasteiger partial charge in [-0.25, -0.2) is 4.98 Å². The van der Waals surface area contributed by atoms with Crippen molar-refractivity contribution in [1.82, 2.24) is 15.0 Å². The monoisotopic (exact) mass is 344 g/mol. The second-order valence-electron chi connectivity index (χ2n) is 6.67. The molecule has 0 spiro atoms. The molecule has 3 heterocycles. The maximum Gasteiger partial charge on any atom is 0.275 e. The van der Waals surface area contributed by atoms with Crippen LogP contribution in [-0.2, 0) is 6.42 Å². The van der Waals surface area contributed by atoms with Gasteiger partial charge in [0.2, 0.25) is 0 Å². The van der Waals surface area contributed by atoms with Gasteiger partial charge in [-0.1, -0.05) is 18.1 Å². The number of β-amino-alcohol motifs (C(OH)–C–C–N with tert-alkyl or cyclic N) is 1. The Kier molecular flexibility index (Phi) is 5.03. The lowest BCUT2D eigenvalue weighted by atomic mass is 10.0. The van der Waals surface area contributed by atoms with Crippen LogP contribution < -0.4 is 4.90 Å². The van der Waals surface area contributed by atoms with Crippen LogP contribution in [0.4, 0.5) is 5.82 Å². The highest BCUT2D eigenvalue weighted by Gasteiger charge is 2.38. The fourth-order valence-corrected chi connectivity index (χ4v) is 3.21. The first-order chi connectivity index (χ1) is 12.0. The number of aromatic nitrogens is 2. The van der Waals surface area contributed by atoms with Gasteiger partial charge >= 0.3 is 0 Å². The summed E-state index contributed by atoms with van der Waals surface area (Å²) in [6, 6.07) is 7.39. The van der Waals surface area contributed by atoms with Gasteiger partial charge in [0.1, 0.15) is 17.2 Å². The number of pyridine rings is 1. The number of hydrogen-bond acceptors (Lipinski definition) is 6. The Balaban J connectivity index is 1.61. The third-order valence-corrected chi connectivity index (χ3v) is 4.46. The van der Waals surface area contributed by atoms with Crippen molar-refractivity contribution in [2.45, 2.75) is 31.8 Å². The molecule has 1 saturated heterocycles. The van der Waals surface area contributed by atoms with Gasteiger partial charge in [-0.3, -0.25) is 4.79 Å². The van der Waals surface area contributed by atoms with E-state index in [0.717, 1.165) is 18.7 Å². The zero-order chi connectivity index (χ0) is 17.9. The maximum atomic E-state index is 12.5. The standard InChI is InChI=1S/C18H24N4O3/c1-3-6-14-11-15(20-25-14)17(23)21(2)12-18(24)8-10-22(13-18)16-7-4-5-9-19-16/h4-5,7,9,11,24H,3,6,8,10,12-13H2,1-2H3/t18-/m0/s1. The molecule has 3 rings (SSSR count). The molecule has 134 valence electrons. The number of likely N-dealkylation sites (N-methyl/N-ethyl adjacent to an activating group) is 1. The second-order valence-corrected chi connectivity index (χ2v) is 6.67. The smallest absolute Gasteiger partial charge is 0.275 e. The number of amides is 1. The zero-order valence-electron chi connectivity index (χ0n) is 14.7. The molecule has 0 unspecified atom stereocenters. The molecule has 1 atom stereocenters. The molecule has 0 aliphatic carbocycles. The largest absolute Gasteiger partial charge is 0.386 e. The van der Waals surface area contributed by atoms with E-state index in [2.05, 4.69) is 10.1 Å². The van der Waals surface area contributed by atoms with Gasteiger partial charge in [0.05, 0.1) is 6.54 Å². The molecule has 2 aromatic heterocycles. The summed E-state index contributed by atoms with van der Waals surface area (Å²) in [5.74, 6) is 1.31. The number of carbonyl (C=O) groups is 1. The Morgan fingerprint density at radius 1 is 1.48 bits per heavy atom. The summed E-state index contributed by atoms with van der Waals surface area (Å²) >= 11 is 0. The van der Waals surface area contributed by atoms with Crippen molar-refractivity contribution in [3.05, 3.63) is 41.9 Å². The number of aryl methyl sites for hydroxylation is 1. The lowest BCUT2D eigenvalue weighted by Crippen LogP contribution is -2.46. The number of aliphatic hydroxyl groups is 1. The molecule has 0 bridgehead atoms. The quantitative estimate of drug-likeness (QED) is 0.859. The Morgan fingerprint density at radius 2 is 2.32 bits per heavy atom. The van der Waals surface area contributed by atoms with E-state index in [9.17, 15) is 9.90 Å². The van der Waals surface area contributed by atoms with Crippen molar-refractivity contribution < 1.29 is 14.4 Å². The first-order valence-electron chi connectivity index (χ1n) is 8.60. The van der Waals surface area contributed by atoms with Gasteiger partial charge in [-0.2, -0.15) is 0 Å². The Bertz CT molecular complexity index is 718. The molecule has 1 N–H and O–H groups in total. The molecule has 1 aliphatic heterocycles. The van der Waals surface area contributed by atoms with Crippen LogP contribution >= 0.6 is 0 Å².